The van der Waals surface area contributed by atoms with E-state index in [9.17, 15) is 5.11 Å². The topological polar surface area (TPSA) is 29.5 Å². The van der Waals surface area contributed by atoms with Gasteiger partial charge in [-0.2, -0.15) is 0 Å². The third-order valence-electron chi connectivity index (χ3n) is 3.24. The molecule has 86 valence electrons. The van der Waals surface area contributed by atoms with Gasteiger partial charge in [-0.25, -0.2) is 0 Å². The summed E-state index contributed by atoms with van der Waals surface area (Å²) < 4.78 is 5.60. The highest BCUT2D eigenvalue weighted by molar-refractivity contribution is 5.47. The Balaban J connectivity index is 2.06. The molecule has 0 saturated carbocycles. The van der Waals surface area contributed by atoms with Crippen LogP contribution in [0.5, 0.6) is 11.5 Å². The van der Waals surface area contributed by atoms with Gasteiger partial charge in [0, 0.05) is 17.5 Å². The van der Waals surface area contributed by atoms with Gasteiger partial charge in [0.25, 0.3) is 0 Å². The first-order valence-corrected chi connectivity index (χ1v) is 5.85. The Labute approximate surface area is 100 Å². The van der Waals surface area contributed by atoms with Gasteiger partial charge in [0.15, 0.2) is 0 Å². The molecule has 0 spiro atoms. The molecule has 1 N–H and O–H groups in total. The summed E-state index contributed by atoms with van der Waals surface area (Å²) >= 11 is 0. The summed E-state index contributed by atoms with van der Waals surface area (Å²) in [6, 6.07) is 15.8. The first-order valence-electron chi connectivity index (χ1n) is 5.85. The zero-order chi connectivity index (χ0) is 11.7. The van der Waals surface area contributed by atoms with Crippen molar-refractivity contribution in [3.05, 3.63) is 59.7 Å². The summed E-state index contributed by atoms with van der Waals surface area (Å²) in [4.78, 5) is 0. The van der Waals surface area contributed by atoms with Crippen LogP contribution in [0.25, 0.3) is 0 Å². The fraction of sp³-hybridized carbons (Fsp3) is 0.200. The molecule has 2 aromatic carbocycles. The molecule has 0 amide bonds. The van der Waals surface area contributed by atoms with Gasteiger partial charge < -0.3 is 9.84 Å². The van der Waals surface area contributed by atoms with Crippen LogP contribution in [0.3, 0.4) is 0 Å². The van der Waals surface area contributed by atoms with E-state index in [1.54, 1.807) is 12.1 Å². The predicted octanol–water partition coefficient (Wildman–Crippen LogP) is 3.31. The largest absolute Gasteiger partial charge is 0.508 e. The number of benzene rings is 2. The first-order chi connectivity index (χ1) is 8.34. The summed E-state index contributed by atoms with van der Waals surface area (Å²) in [7, 11) is 0. The van der Waals surface area contributed by atoms with E-state index < -0.39 is 0 Å². The second kappa shape index (κ2) is 4.13. The Morgan fingerprint density at radius 3 is 2.71 bits per heavy atom. The molecule has 0 saturated heterocycles. The molecule has 3 rings (SSSR count). The molecule has 1 heterocycles. The van der Waals surface area contributed by atoms with E-state index in [1.165, 1.54) is 11.1 Å². The minimum Gasteiger partial charge on any atom is -0.508 e. The fourth-order valence-corrected chi connectivity index (χ4v) is 2.41. The molecule has 2 heteroatoms. The molecule has 1 unspecified atom stereocenters. The summed E-state index contributed by atoms with van der Waals surface area (Å²) in [6.07, 6.45) is 0.988. The second-order valence-corrected chi connectivity index (χ2v) is 4.32. The summed E-state index contributed by atoms with van der Waals surface area (Å²) in [5, 5.41) is 9.47. The van der Waals surface area contributed by atoms with Crippen molar-refractivity contribution in [3.63, 3.8) is 0 Å². The number of hydrogen-bond acceptors (Lipinski definition) is 2. The summed E-state index contributed by atoms with van der Waals surface area (Å²) in [5.74, 6) is 1.45. The third kappa shape index (κ3) is 1.86. The lowest BCUT2D eigenvalue weighted by Crippen LogP contribution is -2.14. The van der Waals surface area contributed by atoms with Crippen LogP contribution in [0.4, 0.5) is 0 Å². The van der Waals surface area contributed by atoms with Crippen LogP contribution >= 0.6 is 0 Å². The Morgan fingerprint density at radius 2 is 1.88 bits per heavy atom. The van der Waals surface area contributed by atoms with E-state index in [-0.39, 0.29) is 5.75 Å². The summed E-state index contributed by atoms with van der Waals surface area (Å²) in [5.41, 5.74) is 2.47. The van der Waals surface area contributed by atoms with Crippen LogP contribution in [-0.4, -0.2) is 11.7 Å². The molecule has 0 radical (unpaired) electrons. The minimum absolute atomic E-state index is 0.262. The van der Waals surface area contributed by atoms with Crippen molar-refractivity contribution in [3.8, 4) is 11.5 Å². The molecule has 0 bridgehead atoms. The minimum atomic E-state index is 0.262. The smallest absolute Gasteiger partial charge is 0.126 e. The first kappa shape index (κ1) is 10.2. The van der Waals surface area contributed by atoms with Gasteiger partial charge in [0.1, 0.15) is 11.5 Å². The lowest BCUT2D eigenvalue weighted by Gasteiger charge is -2.26. The highest BCUT2D eigenvalue weighted by Crippen LogP contribution is 2.39. The van der Waals surface area contributed by atoms with Gasteiger partial charge in [-0.1, -0.05) is 36.4 Å². The Kier molecular flexibility index (Phi) is 2.48. The molecule has 2 nitrogen and oxygen atoms in total. The molecule has 2 aromatic rings. The van der Waals surface area contributed by atoms with Gasteiger partial charge in [0.05, 0.1) is 6.61 Å². The molecule has 1 aliphatic rings. The van der Waals surface area contributed by atoms with E-state index in [1.807, 2.05) is 12.1 Å². The third-order valence-corrected chi connectivity index (χ3v) is 3.24. The molecule has 1 atom stereocenters. The maximum absolute atomic E-state index is 9.47. The van der Waals surface area contributed by atoms with Crippen molar-refractivity contribution in [2.75, 3.05) is 6.61 Å². The van der Waals surface area contributed by atoms with Gasteiger partial charge in [-0.05, 0) is 18.1 Å². The van der Waals surface area contributed by atoms with E-state index in [2.05, 4.69) is 24.3 Å². The van der Waals surface area contributed by atoms with E-state index >= 15 is 0 Å². The Hall–Kier alpha value is -1.96. The van der Waals surface area contributed by atoms with Gasteiger partial charge in [0.2, 0.25) is 0 Å². The number of hydrogen-bond donors (Lipinski definition) is 1. The Morgan fingerprint density at radius 1 is 1.06 bits per heavy atom. The van der Waals surface area contributed by atoms with E-state index in [4.69, 9.17) is 4.74 Å². The van der Waals surface area contributed by atoms with Crippen molar-refractivity contribution >= 4 is 0 Å². The zero-order valence-electron chi connectivity index (χ0n) is 9.47. The lowest BCUT2D eigenvalue weighted by atomic mass is 9.87. The normalized spacial score (nSPS) is 18.2. The maximum atomic E-state index is 9.47. The average molecular weight is 226 g/mol. The van der Waals surface area contributed by atoms with Crippen molar-refractivity contribution in [2.45, 2.75) is 12.3 Å². The van der Waals surface area contributed by atoms with Crippen LogP contribution in [0.15, 0.2) is 48.5 Å². The number of aromatic hydroxyl groups is 1. The number of fused-ring (bicyclic) bond motifs is 1. The van der Waals surface area contributed by atoms with Gasteiger partial charge in [-0.15, -0.1) is 0 Å². The Bertz CT molecular complexity index is 520. The van der Waals surface area contributed by atoms with Crippen LogP contribution in [-0.2, 0) is 0 Å². The molecule has 0 aliphatic carbocycles. The fourth-order valence-electron chi connectivity index (χ4n) is 2.41. The predicted molar refractivity (Wildman–Crippen MR) is 66.5 cm³/mol. The van der Waals surface area contributed by atoms with Crippen molar-refractivity contribution in [2.24, 2.45) is 0 Å². The lowest BCUT2D eigenvalue weighted by molar-refractivity contribution is 0.275. The highest BCUT2D eigenvalue weighted by Gasteiger charge is 2.22. The molecule has 0 aromatic heterocycles. The van der Waals surface area contributed by atoms with E-state index in [0.717, 1.165) is 12.2 Å². The molecular weight excluding hydrogens is 212 g/mol. The second-order valence-electron chi connectivity index (χ2n) is 4.32. The SMILES string of the molecule is Oc1ccc2c(c1)OCCC2c1ccccc1. The standard InChI is InChI=1S/C15H14O2/c16-12-6-7-14-13(8-9-17-15(14)10-12)11-4-2-1-3-5-11/h1-7,10,13,16H,8-9H2. The molecule has 0 fully saturated rings. The average Bonchev–Trinajstić information content (AvgIpc) is 2.39. The maximum Gasteiger partial charge on any atom is 0.126 e. The zero-order valence-corrected chi connectivity index (χ0v) is 9.47. The van der Waals surface area contributed by atoms with Gasteiger partial charge >= 0.3 is 0 Å². The quantitative estimate of drug-likeness (QED) is 0.808. The van der Waals surface area contributed by atoms with Gasteiger partial charge in [-0.3, -0.25) is 0 Å². The summed E-state index contributed by atoms with van der Waals surface area (Å²) in [6.45, 7) is 0.704. The van der Waals surface area contributed by atoms with Crippen molar-refractivity contribution < 1.29 is 9.84 Å². The van der Waals surface area contributed by atoms with Crippen LogP contribution in [0.1, 0.15) is 23.5 Å². The molecular formula is C15H14O2. The highest BCUT2D eigenvalue weighted by atomic mass is 16.5. The van der Waals surface area contributed by atoms with E-state index in [0.29, 0.717) is 12.5 Å². The monoisotopic (exact) mass is 226 g/mol. The van der Waals surface area contributed by atoms with Crippen LogP contribution < -0.4 is 4.74 Å². The van der Waals surface area contributed by atoms with Crippen LogP contribution in [0.2, 0.25) is 0 Å². The number of phenols is 1. The number of rotatable bonds is 1. The van der Waals surface area contributed by atoms with Crippen molar-refractivity contribution in [1.82, 2.24) is 0 Å². The number of phenolic OH excluding ortho intramolecular Hbond substituents is 1. The molecule has 1 aliphatic heterocycles. The molecule has 17 heavy (non-hydrogen) atoms. The van der Waals surface area contributed by atoms with Crippen LogP contribution in [0, 0.1) is 0 Å². The number of ether oxygens (including phenoxy) is 1. The van der Waals surface area contributed by atoms with Crippen molar-refractivity contribution in [1.29, 1.82) is 0 Å².